The SMILES string of the molecule is CCCCC/C=C/C=C/C(=O)NC(C(=O)N[C@H]1C[C@H](O)CCNC(=O)/C=C/C(C)NC1=O)C(C)O. The van der Waals surface area contributed by atoms with Gasteiger partial charge in [0.2, 0.25) is 23.6 Å². The van der Waals surface area contributed by atoms with Gasteiger partial charge in [0.15, 0.2) is 0 Å². The van der Waals surface area contributed by atoms with Gasteiger partial charge in [0.25, 0.3) is 0 Å². The number of allylic oxidation sites excluding steroid dienone is 3. The topological polar surface area (TPSA) is 157 Å². The lowest BCUT2D eigenvalue weighted by atomic mass is 10.0. The highest BCUT2D eigenvalue weighted by atomic mass is 16.3. The van der Waals surface area contributed by atoms with Crippen molar-refractivity contribution in [3.63, 3.8) is 0 Å². The van der Waals surface area contributed by atoms with Gasteiger partial charge in [-0.1, -0.05) is 44.1 Å². The summed E-state index contributed by atoms with van der Waals surface area (Å²) < 4.78 is 0. The second kappa shape index (κ2) is 16.6. The van der Waals surface area contributed by atoms with Crippen molar-refractivity contribution in [1.82, 2.24) is 21.3 Å². The van der Waals surface area contributed by atoms with Crippen molar-refractivity contribution in [1.29, 1.82) is 0 Å². The molecule has 1 heterocycles. The molecule has 4 amide bonds. The Labute approximate surface area is 207 Å². The predicted molar refractivity (Wildman–Crippen MR) is 133 cm³/mol. The average molecular weight is 493 g/mol. The molecule has 0 bridgehead atoms. The van der Waals surface area contributed by atoms with Crippen LogP contribution in [0.2, 0.25) is 0 Å². The highest BCUT2D eigenvalue weighted by Crippen LogP contribution is 2.06. The summed E-state index contributed by atoms with van der Waals surface area (Å²) in [4.78, 5) is 49.5. The number of carbonyl (C=O) groups excluding carboxylic acids is 4. The number of aliphatic hydroxyl groups excluding tert-OH is 2. The fourth-order valence-electron chi connectivity index (χ4n) is 3.35. The molecule has 0 saturated carbocycles. The number of amides is 4. The fraction of sp³-hybridized carbons (Fsp3) is 0.600. The second-order valence-electron chi connectivity index (χ2n) is 8.70. The van der Waals surface area contributed by atoms with Gasteiger partial charge in [-0.2, -0.15) is 0 Å². The lowest BCUT2D eigenvalue weighted by molar-refractivity contribution is -0.134. The molecule has 0 aromatic carbocycles. The Kier molecular flexibility index (Phi) is 14.3. The van der Waals surface area contributed by atoms with Crippen molar-refractivity contribution in [2.75, 3.05) is 6.54 Å². The van der Waals surface area contributed by atoms with Crippen molar-refractivity contribution in [3.05, 3.63) is 36.5 Å². The second-order valence-corrected chi connectivity index (χ2v) is 8.70. The van der Waals surface area contributed by atoms with Crippen LogP contribution < -0.4 is 21.3 Å². The Morgan fingerprint density at radius 3 is 2.69 bits per heavy atom. The Balaban J connectivity index is 2.81. The summed E-state index contributed by atoms with van der Waals surface area (Å²) in [5.74, 6) is -2.21. The molecule has 5 atom stereocenters. The van der Waals surface area contributed by atoms with Gasteiger partial charge < -0.3 is 31.5 Å². The molecule has 0 aliphatic carbocycles. The molecule has 0 aromatic rings. The summed E-state index contributed by atoms with van der Waals surface area (Å²) in [6.45, 7) is 5.34. The number of aliphatic hydroxyl groups is 2. The predicted octanol–water partition coefficient (Wildman–Crippen LogP) is 0.361. The molecule has 6 N–H and O–H groups in total. The van der Waals surface area contributed by atoms with Gasteiger partial charge in [0.05, 0.1) is 12.2 Å². The monoisotopic (exact) mass is 492 g/mol. The molecule has 0 saturated heterocycles. The first-order valence-electron chi connectivity index (χ1n) is 12.2. The summed E-state index contributed by atoms with van der Waals surface area (Å²) in [6, 6.07) is -2.91. The number of hydrogen-bond donors (Lipinski definition) is 6. The minimum absolute atomic E-state index is 0.104. The van der Waals surface area contributed by atoms with E-state index in [-0.39, 0.29) is 25.3 Å². The molecule has 35 heavy (non-hydrogen) atoms. The lowest BCUT2D eigenvalue weighted by Crippen LogP contribution is -2.58. The van der Waals surface area contributed by atoms with Crippen molar-refractivity contribution in [3.8, 4) is 0 Å². The first-order chi connectivity index (χ1) is 16.6. The summed E-state index contributed by atoms with van der Waals surface area (Å²) >= 11 is 0. The average Bonchev–Trinajstić information content (AvgIpc) is 2.79. The van der Waals surface area contributed by atoms with Crippen molar-refractivity contribution in [2.45, 2.75) is 89.6 Å². The van der Waals surface area contributed by atoms with Crippen LogP contribution in [0, 0.1) is 0 Å². The van der Waals surface area contributed by atoms with E-state index in [4.69, 9.17) is 0 Å². The van der Waals surface area contributed by atoms with E-state index >= 15 is 0 Å². The van der Waals surface area contributed by atoms with Crippen LogP contribution in [0.4, 0.5) is 0 Å². The molecular weight excluding hydrogens is 452 g/mol. The van der Waals surface area contributed by atoms with Gasteiger partial charge >= 0.3 is 0 Å². The van der Waals surface area contributed by atoms with E-state index in [1.807, 2.05) is 6.08 Å². The van der Waals surface area contributed by atoms with Crippen molar-refractivity contribution >= 4 is 23.6 Å². The molecule has 1 rings (SSSR count). The molecule has 196 valence electrons. The number of unbranched alkanes of at least 4 members (excludes halogenated alkanes) is 3. The van der Waals surface area contributed by atoms with Gasteiger partial charge in [0.1, 0.15) is 12.1 Å². The molecule has 1 aliphatic rings. The zero-order valence-electron chi connectivity index (χ0n) is 20.8. The quantitative estimate of drug-likeness (QED) is 0.147. The maximum Gasteiger partial charge on any atom is 0.245 e. The number of rotatable bonds is 10. The minimum Gasteiger partial charge on any atom is -0.393 e. The van der Waals surface area contributed by atoms with Crippen LogP contribution in [0.15, 0.2) is 36.5 Å². The number of hydrogen-bond acceptors (Lipinski definition) is 6. The smallest absolute Gasteiger partial charge is 0.245 e. The molecule has 1 aliphatic heterocycles. The third kappa shape index (κ3) is 12.9. The molecule has 0 radical (unpaired) electrons. The van der Waals surface area contributed by atoms with E-state index in [1.54, 1.807) is 19.1 Å². The summed E-state index contributed by atoms with van der Waals surface area (Å²) in [5.41, 5.74) is 0. The summed E-state index contributed by atoms with van der Waals surface area (Å²) in [5, 5.41) is 30.6. The van der Waals surface area contributed by atoms with E-state index in [1.165, 1.54) is 25.2 Å². The third-order valence-corrected chi connectivity index (χ3v) is 5.36. The Bertz CT molecular complexity index is 793. The van der Waals surface area contributed by atoms with E-state index in [0.717, 1.165) is 25.7 Å². The highest BCUT2D eigenvalue weighted by Gasteiger charge is 2.31. The van der Waals surface area contributed by atoms with Crippen LogP contribution in [0.3, 0.4) is 0 Å². The van der Waals surface area contributed by atoms with E-state index in [0.29, 0.717) is 0 Å². The summed E-state index contributed by atoms with van der Waals surface area (Å²) in [6.07, 6.45) is 11.4. The van der Waals surface area contributed by atoms with Crippen LogP contribution in [0.25, 0.3) is 0 Å². The molecule has 0 spiro atoms. The third-order valence-electron chi connectivity index (χ3n) is 5.36. The van der Waals surface area contributed by atoms with Crippen molar-refractivity contribution in [2.24, 2.45) is 0 Å². The van der Waals surface area contributed by atoms with Crippen molar-refractivity contribution < 1.29 is 29.4 Å². The lowest BCUT2D eigenvalue weighted by Gasteiger charge is -2.26. The van der Waals surface area contributed by atoms with Crippen LogP contribution in [-0.4, -0.2) is 70.7 Å². The normalized spacial score (nSPS) is 24.5. The zero-order chi connectivity index (χ0) is 26.2. The summed E-state index contributed by atoms with van der Waals surface area (Å²) in [7, 11) is 0. The highest BCUT2D eigenvalue weighted by molar-refractivity contribution is 5.95. The number of nitrogens with one attached hydrogen (secondary N) is 4. The molecule has 0 fully saturated rings. The van der Waals surface area contributed by atoms with Crippen LogP contribution in [-0.2, 0) is 19.2 Å². The minimum atomic E-state index is -1.30. The van der Waals surface area contributed by atoms with Gasteiger partial charge in [0, 0.05) is 31.2 Å². The van der Waals surface area contributed by atoms with Crippen LogP contribution in [0.5, 0.6) is 0 Å². The van der Waals surface area contributed by atoms with Crippen LogP contribution in [0.1, 0.15) is 59.3 Å². The van der Waals surface area contributed by atoms with Crippen LogP contribution >= 0.6 is 0 Å². The van der Waals surface area contributed by atoms with E-state index in [2.05, 4.69) is 28.2 Å². The molecular formula is C25H40N4O6. The van der Waals surface area contributed by atoms with Gasteiger partial charge in [-0.15, -0.1) is 0 Å². The zero-order valence-corrected chi connectivity index (χ0v) is 20.8. The Hall–Kier alpha value is -2.98. The Morgan fingerprint density at radius 2 is 2.00 bits per heavy atom. The first-order valence-corrected chi connectivity index (χ1v) is 12.2. The Morgan fingerprint density at radius 1 is 1.26 bits per heavy atom. The molecule has 10 heteroatoms. The molecule has 10 nitrogen and oxygen atoms in total. The van der Waals surface area contributed by atoms with E-state index < -0.39 is 48.1 Å². The standard InChI is InChI=1S/C25H40N4O6/c1-4-5-6-7-8-9-10-11-22(33)29-23(18(3)30)25(35)28-20-16-19(31)14-15-26-21(32)13-12-17(2)27-24(20)34/h8-13,17-20,23,30-31H,4-7,14-16H2,1-3H3,(H,26,32)(H,27,34)(H,28,35)(H,29,33)/b9-8+,11-10+,13-12+/t17?,18?,19-,20+,23?/m1/s1. The van der Waals surface area contributed by atoms with Gasteiger partial charge in [-0.05, 0) is 33.1 Å². The largest absolute Gasteiger partial charge is 0.393 e. The maximum absolute atomic E-state index is 12.9. The fourth-order valence-corrected chi connectivity index (χ4v) is 3.35. The van der Waals surface area contributed by atoms with Gasteiger partial charge in [-0.3, -0.25) is 19.2 Å². The maximum atomic E-state index is 12.9. The number of carbonyl (C=O) groups is 4. The van der Waals surface area contributed by atoms with Gasteiger partial charge in [-0.25, -0.2) is 0 Å². The molecule has 0 aromatic heterocycles. The first kappa shape index (κ1) is 30.1. The van der Waals surface area contributed by atoms with E-state index in [9.17, 15) is 29.4 Å². The molecule has 3 unspecified atom stereocenters.